The van der Waals surface area contributed by atoms with Crippen molar-refractivity contribution in [3.05, 3.63) is 16.1 Å². The monoisotopic (exact) mass is 242 g/mol. The second-order valence-corrected chi connectivity index (χ2v) is 4.26. The molecule has 0 aliphatic rings. The fraction of sp³-hybridized carbons (Fsp3) is 0.500. The number of carbonyl (C=O) groups excluding carboxylic acids is 2. The Morgan fingerprint density at radius 1 is 1.62 bits per heavy atom. The SMILES string of the molecule is CCOC(=O)C(C)NC(=O)c1csc(C)n1. The minimum Gasteiger partial charge on any atom is -0.464 e. The Kier molecular flexibility index (Phi) is 4.42. The van der Waals surface area contributed by atoms with Gasteiger partial charge in [-0.1, -0.05) is 0 Å². The molecule has 0 aliphatic carbocycles. The van der Waals surface area contributed by atoms with E-state index in [1.54, 1.807) is 19.2 Å². The lowest BCUT2D eigenvalue weighted by Gasteiger charge is -2.11. The quantitative estimate of drug-likeness (QED) is 0.804. The smallest absolute Gasteiger partial charge is 0.328 e. The topological polar surface area (TPSA) is 68.3 Å². The number of esters is 1. The summed E-state index contributed by atoms with van der Waals surface area (Å²) in [5.41, 5.74) is 0.332. The molecule has 16 heavy (non-hydrogen) atoms. The van der Waals surface area contributed by atoms with Crippen molar-refractivity contribution in [2.75, 3.05) is 6.61 Å². The van der Waals surface area contributed by atoms with E-state index in [0.29, 0.717) is 12.3 Å². The number of aromatic nitrogens is 1. The lowest BCUT2D eigenvalue weighted by atomic mass is 10.3. The molecule has 0 fully saturated rings. The maximum atomic E-state index is 11.6. The molecule has 1 aromatic rings. The van der Waals surface area contributed by atoms with Gasteiger partial charge in [-0.3, -0.25) is 4.79 Å². The Morgan fingerprint density at radius 2 is 2.31 bits per heavy atom. The molecule has 1 amide bonds. The zero-order valence-electron chi connectivity index (χ0n) is 9.44. The number of hydrogen-bond acceptors (Lipinski definition) is 5. The summed E-state index contributed by atoms with van der Waals surface area (Å²) in [6.07, 6.45) is 0. The van der Waals surface area contributed by atoms with E-state index in [1.807, 2.05) is 6.92 Å². The van der Waals surface area contributed by atoms with Crippen LogP contribution in [0.25, 0.3) is 0 Å². The summed E-state index contributed by atoms with van der Waals surface area (Å²) in [6, 6.07) is -0.658. The molecule has 1 atom stereocenters. The van der Waals surface area contributed by atoms with Crippen molar-refractivity contribution in [2.45, 2.75) is 26.8 Å². The van der Waals surface area contributed by atoms with Crippen molar-refractivity contribution in [1.82, 2.24) is 10.3 Å². The van der Waals surface area contributed by atoms with E-state index in [-0.39, 0.29) is 5.91 Å². The molecular weight excluding hydrogens is 228 g/mol. The molecule has 88 valence electrons. The first-order valence-electron chi connectivity index (χ1n) is 4.94. The lowest BCUT2D eigenvalue weighted by Crippen LogP contribution is -2.39. The highest BCUT2D eigenvalue weighted by atomic mass is 32.1. The molecule has 0 radical (unpaired) electrons. The standard InChI is InChI=1S/C10H14N2O3S/c1-4-15-10(14)6(2)11-9(13)8-5-16-7(3)12-8/h5-6H,4H2,1-3H3,(H,11,13). The van der Waals surface area contributed by atoms with Crippen LogP contribution in [-0.2, 0) is 9.53 Å². The molecule has 0 saturated heterocycles. The van der Waals surface area contributed by atoms with Gasteiger partial charge in [0.05, 0.1) is 11.6 Å². The first kappa shape index (κ1) is 12.6. The van der Waals surface area contributed by atoms with E-state index in [9.17, 15) is 9.59 Å². The van der Waals surface area contributed by atoms with Gasteiger partial charge in [-0.05, 0) is 20.8 Å². The van der Waals surface area contributed by atoms with Crippen molar-refractivity contribution in [1.29, 1.82) is 0 Å². The van der Waals surface area contributed by atoms with Crippen LogP contribution in [-0.4, -0.2) is 29.5 Å². The van der Waals surface area contributed by atoms with Crippen LogP contribution >= 0.6 is 11.3 Å². The number of hydrogen-bond donors (Lipinski definition) is 1. The number of nitrogens with one attached hydrogen (secondary N) is 1. The van der Waals surface area contributed by atoms with Crippen molar-refractivity contribution >= 4 is 23.2 Å². The van der Waals surface area contributed by atoms with Gasteiger partial charge in [-0.15, -0.1) is 11.3 Å². The summed E-state index contributed by atoms with van der Waals surface area (Å²) in [5, 5.41) is 4.99. The summed E-state index contributed by atoms with van der Waals surface area (Å²) in [5.74, 6) is -0.798. The van der Waals surface area contributed by atoms with Crippen LogP contribution in [0.3, 0.4) is 0 Å². The highest BCUT2D eigenvalue weighted by molar-refractivity contribution is 7.09. The first-order valence-corrected chi connectivity index (χ1v) is 5.82. The number of aryl methyl sites for hydroxylation is 1. The molecular formula is C10H14N2O3S. The Labute approximate surface area is 97.8 Å². The molecule has 0 saturated carbocycles. The van der Waals surface area contributed by atoms with Gasteiger partial charge in [0.25, 0.3) is 5.91 Å². The van der Waals surface area contributed by atoms with Gasteiger partial charge in [-0.25, -0.2) is 9.78 Å². The van der Waals surface area contributed by atoms with E-state index in [2.05, 4.69) is 10.3 Å². The first-order chi connectivity index (χ1) is 7.54. The molecule has 0 spiro atoms. The summed E-state index contributed by atoms with van der Waals surface area (Å²) < 4.78 is 4.77. The molecule has 1 unspecified atom stereocenters. The van der Waals surface area contributed by atoms with Gasteiger partial charge in [0, 0.05) is 5.38 Å². The van der Waals surface area contributed by atoms with Crippen molar-refractivity contribution in [3.8, 4) is 0 Å². The third kappa shape index (κ3) is 3.30. The van der Waals surface area contributed by atoms with E-state index >= 15 is 0 Å². The van der Waals surface area contributed by atoms with E-state index in [0.717, 1.165) is 5.01 Å². The average molecular weight is 242 g/mol. The van der Waals surface area contributed by atoms with Crippen LogP contribution in [0.15, 0.2) is 5.38 Å². The largest absolute Gasteiger partial charge is 0.464 e. The van der Waals surface area contributed by atoms with Crippen molar-refractivity contribution in [2.24, 2.45) is 0 Å². The van der Waals surface area contributed by atoms with Crippen LogP contribution in [0.2, 0.25) is 0 Å². The van der Waals surface area contributed by atoms with E-state index < -0.39 is 12.0 Å². The van der Waals surface area contributed by atoms with Crippen molar-refractivity contribution < 1.29 is 14.3 Å². The van der Waals surface area contributed by atoms with Gasteiger partial charge in [0.15, 0.2) is 0 Å². The number of rotatable bonds is 4. The maximum Gasteiger partial charge on any atom is 0.328 e. The van der Waals surface area contributed by atoms with Crippen LogP contribution < -0.4 is 5.32 Å². The molecule has 1 aromatic heterocycles. The summed E-state index contributed by atoms with van der Waals surface area (Å²) >= 11 is 1.39. The third-order valence-corrected chi connectivity index (χ3v) is 2.61. The molecule has 1 rings (SSSR count). The van der Waals surface area contributed by atoms with Gasteiger partial charge >= 0.3 is 5.97 Å². The van der Waals surface area contributed by atoms with E-state index in [4.69, 9.17) is 4.74 Å². The van der Waals surface area contributed by atoms with E-state index in [1.165, 1.54) is 11.3 Å². The zero-order chi connectivity index (χ0) is 12.1. The van der Waals surface area contributed by atoms with Crippen LogP contribution in [0.1, 0.15) is 29.3 Å². The average Bonchev–Trinajstić information content (AvgIpc) is 2.65. The number of amides is 1. The third-order valence-electron chi connectivity index (χ3n) is 1.84. The number of thiazole rings is 1. The molecule has 1 N–H and O–H groups in total. The lowest BCUT2D eigenvalue weighted by molar-refractivity contribution is -0.144. The second kappa shape index (κ2) is 5.60. The Morgan fingerprint density at radius 3 is 2.81 bits per heavy atom. The summed E-state index contributed by atoms with van der Waals surface area (Å²) in [6.45, 7) is 5.41. The molecule has 0 aromatic carbocycles. The number of carbonyl (C=O) groups is 2. The highest BCUT2D eigenvalue weighted by Gasteiger charge is 2.18. The predicted octanol–water partition coefficient (Wildman–Crippen LogP) is 1.13. The molecule has 1 heterocycles. The zero-order valence-corrected chi connectivity index (χ0v) is 10.3. The Balaban J connectivity index is 2.54. The number of nitrogens with zero attached hydrogens (tertiary/aromatic N) is 1. The summed E-state index contributed by atoms with van der Waals surface area (Å²) in [4.78, 5) is 26.9. The molecule has 6 heteroatoms. The van der Waals surface area contributed by atoms with Crippen LogP contribution in [0.5, 0.6) is 0 Å². The van der Waals surface area contributed by atoms with Gasteiger partial charge in [-0.2, -0.15) is 0 Å². The van der Waals surface area contributed by atoms with Crippen LogP contribution in [0, 0.1) is 6.92 Å². The summed E-state index contributed by atoms with van der Waals surface area (Å²) in [7, 11) is 0. The maximum absolute atomic E-state index is 11.6. The Bertz CT molecular complexity index is 389. The number of ether oxygens (including phenoxy) is 1. The van der Waals surface area contributed by atoms with Gasteiger partial charge in [0.1, 0.15) is 11.7 Å². The van der Waals surface area contributed by atoms with Crippen LogP contribution in [0.4, 0.5) is 0 Å². The normalized spacial score (nSPS) is 11.9. The predicted molar refractivity (Wildman–Crippen MR) is 60.4 cm³/mol. The fourth-order valence-electron chi connectivity index (χ4n) is 1.06. The molecule has 0 bridgehead atoms. The Hall–Kier alpha value is -1.43. The fourth-order valence-corrected chi connectivity index (χ4v) is 1.66. The van der Waals surface area contributed by atoms with Crippen molar-refractivity contribution in [3.63, 3.8) is 0 Å². The minimum absolute atomic E-state index is 0.300. The molecule has 0 aliphatic heterocycles. The molecule has 5 nitrogen and oxygen atoms in total. The van der Waals surface area contributed by atoms with Gasteiger partial charge < -0.3 is 10.1 Å². The minimum atomic E-state index is -0.658. The highest BCUT2D eigenvalue weighted by Crippen LogP contribution is 2.07. The van der Waals surface area contributed by atoms with Gasteiger partial charge in [0.2, 0.25) is 0 Å². The second-order valence-electron chi connectivity index (χ2n) is 3.20.